The van der Waals surface area contributed by atoms with Crippen molar-refractivity contribution >= 4 is 5.69 Å². The quantitative estimate of drug-likeness (QED) is 0.722. The predicted molar refractivity (Wildman–Crippen MR) is 67.2 cm³/mol. The molecule has 0 heterocycles. The maximum absolute atomic E-state index is 13.4. The van der Waals surface area contributed by atoms with Crippen LogP contribution in [0.15, 0.2) is 24.3 Å². The van der Waals surface area contributed by atoms with Crippen molar-refractivity contribution in [3.63, 3.8) is 0 Å². The number of halogens is 1. The van der Waals surface area contributed by atoms with Crippen LogP contribution < -0.4 is 10.6 Å². The first-order valence-electron chi connectivity index (χ1n) is 5.91. The van der Waals surface area contributed by atoms with E-state index in [1.807, 2.05) is 24.1 Å². The molecule has 0 fully saturated rings. The minimum Gasteiger partial charge on any atom is -0.372 e. The Morgan fingerprint density at radius 2 is 1.81 bits per heavy atom. The lowest BCUT2D eigenvalue weighted by Crippen LogP contribution is -2.19. The van der Waals surface area contributed by atoms with E-state index in [2.05, 4.69) is 0 Å². The third-order valence-corrected chi connectivity index (χ3v) is 2.71. The standard InChI is InChI=1S/C13H21FN2/c1-16(11-7-3-2-6-10-15)13-9-5-4-8-12(13)14/h4-5,8-9H,2-3,6-7,10-11,15H2,1H3. The summed E-state index contributed by atoms with van der Waals surface area (Å²) in [7, 11) is 1.93. The highest BCUT2D eigenvalue weighted by Crippen LogP contribution is 2.17. The second-order valence-corrected chi connectivity index (χ2v) is 4.08. The Bertz CT molecular complexity index is 302. The van der Waals surface area contributed by atoms with E-state index in [1.54, 1.807) is 6.07 Å². The summed E-state index contributed by atoms with van der Waals surface area (Å²) in [6.07, 6.45) is 4.51. The van der Waals surface area contributed by atoms with Gasteiger partial charge in [0.2, 0.25) is 0 Å². The zero-order valence-electron chi connectivity index (χ0n) is 9.95. The Morgan fingerprint density at radius 3 is 2.50 bits per heavy atom. The molecule has 0 amide bonds. The first kappa shape index (κ1) is 13.0. The highest BCUT2D eigenvalue weighted by molar-refractivity contribution is 5.46. The van der Waals surface area contributed by atoms with Crippen molar-refractivity contribution in [2.45, 2.75) is 25.7 Å². The normalized spacial score (nSPS) is 10.4. The van der Waals surface area contributed by atoms with Gasteiger partial charge in [-0.1, -0.05) is 25.0 Å². The zero-order chi connectivity index (χ0) is 11.8. The molecule has 0 aliphatic carbocycles. The van der Waals surface area contributed by atoms with E-state index in [0.29, 0.717) is 5.69 Å². The fourth-order valence-electron chi connectivity index (χ4n) is 1.73. The van der Waals surface area contributed by atoms with Crippen LogP contribution >= 0.6 is 0 Å². The molecular formula is C13H21FN2. The van der Waals surface area contributed by atoms with Gasteiger partial charge in [-0.05, 0) is 31.5 Å². The minimum absolute atomic E-state index is 0.146. The van der Waals surface area contributed by atoms with Gasteiger partial charge in [-0.2, -0.15) is 0 Å². The number of hydrogen-bond acceptors (Lipinski definition) is 2. The van der Waals surface area contributed by atoms with Gasteiger partial charge in [-0.15, -0.1) is 0 Å². The van der Waals surface area contributed by atoms with Crippen molar-refractivity contribution < 1.29 is 4.39 Å². The Hall–Kier alpha value is -1.09. The first-order chi connectivity index (χ1) is 7.75. The smallest absolute Gasteiger partial charge is 0.146 e. The number of unbranched alkanes of at least 4 members (excludes halogenated alkanes) is 3. The second kappa shape index (κ2) is 7.23. The molecule has 2 nitrogen and oxygen atoms in total. The average molecular weight is 224 g/mol. The van der Waals surface area contributed by atoms with Gasteiger partial charge in [-0.3, -0.25) is 0 Å². The molecule has 3 heteroatoms. The van der Waals surface area contributed by atoms with Gasteiger partial charge in [0.1, 0.15) is 5.82 Å². The summed E-state index contributed by atoms with van der Waals surface area (Å²) in [5.41, 5.74) is 6.10. The van der Waals surface area contributed by atoms with E-state index in [0.717, 1.165) is 32.4 Å². The highest BCUT2D eigenvalue weighted by Gasteiger charge is 2.05. The lowest BCUT2D eigenvalue weighted by Gasteiger charge is -2.19. The summed E-state index contributed by atoms with van der Waals surface area (Å²) in [4.78, 5) is 1.97. The Balaban J connectivity index is 2.30. The van der Waals surface area contributed by atoms with Crippen LogP contribution in [0.2, 0.25) is 0 Å². The first-order valence-corrected chi connectivity index (χ1v) is 5.91. The number of nitrogens with two attached hydrogens (primary N) is 1. The summed E-state index contributed by atoms with van der Waals surface area (Å²) < 4.78 is 13.4. The molecule has 2 N–H and O–H groups in total. The largest absolute Gasteiger partial charge is 0.372 e. The molecule has 90 valence electrons. The summed E-state index contributed by atoms with van der Waals surface area (Å²) in [6.45, 7) is 1.66. The lowest BCUT2D eigenvalue weighted by atomic mass is 10.2. The molecule has 0 atom stereocenters. The van der Waals surface area contributed by atoms with Crippen molar-refractivity contribution in [3.8, 4) is 0 Å². The van der Waals surface area contributed by atoms with Gasteiger partial charge >= 0.3 is 0 Å². The summed E-state index contributed by atoms with van der Waals surface area (Å²) >= 11 is 0. The van der Waals surface area contributed by atoms with E-state index < -0.39 is 0 Å². The third kappa shape index (κ3) is 4.19. The summed E-state index contributed by atoms with van der Waals surface area (Å²) in [5.74, 6) is -0.146. The molecule has 0 aromatic heterocycles. The molecule has 0 saturated heterocycles. The maximum Gasteiger partial charge on any atom is 0.146 e. The van der Waals surface area contributed by atoms with Crippen LogP contribution in [0.3, 0.4) is 0 Å². The number of anilines is 1. The number of benzene rings is 1. The molecule has 0 aliphatic heterocycles. The SMILES string of the molecule is CN(CCCCCCN)c1ccccc1F. The fourth-order valence-corrected chi connectivity index (χ4v) is 1.73. The van der Waals surface area contributed by atoms with Crippen molar-refractivity contribution in [1.29, 1.82) is 0 Å². The predicted octanol–water partition coefficient (Wildman–Crippen LogP) is 2.78. The van der Waals surface area contributed by atoms with Crippen molar-refractivity contribution in [2.75, 3.05) is 25.0 Å². The monoisotopic (exact) mass is 224 g/mol. The topological polar surface area (TPSA) is 29.3 Å². The number of rotatable bonds is 7. The number of hydrogen-bond donors (Lipinski definition) is 1. The van der Waals surface area contributed by atoms with Crippen LogP contribution in [-0.2, 0) is 0 Å². The van der Waals surface area contributed by atoms with Crippen molar-refractivity contribution in [2.24, 2.45) is 5.73 Å². The van der Waals surface area contributed by atoms with Crippen LogP contribution in [0.25, 0.3) is 0 Å². The third-order valence-electron chi connectivity index (χ3n) is 2.71. The van der Waals surface area contributed by atoms with Gasteiger partial charge in [0.05, 0.1) is 5.69 Å². The molecule has 0 unspecified atom stereocenters. The van der Waals surface area contributed by atoms with E-state index in [4.69, 9.17) is 5.73 Å². The fraction of sp³-hybridized carbons (Fsp3) is 0.538. The Labute approximate surface area is 97.3 Å². The average Bonchev–Trinajstić information content (AvgIpc) is 2.29. The van der Waals surface area contributed by atoms with Crippen LogP contribution in [0.1, 0.15) is 25.7 Å². The lowest BCUT2D eigenvalue weighted by molar-refractivity contribution is 0.610. The Kier molecular flexibility index (Phi) is 5.86. The van der Waals surface area contributed by atoms with E-state index in [9.17, 15) is 4.39 Å². The van der Waals surface area contributed by atoms with Crippen LogP contribution in [0.4, 0.5) is 10.1 Å². The zero-order valence-corrected chi connectivity index (χ0v) is 9.95. The van der Waals surface area contributed by atoms with Gasteiger partial charge in [0, 0.05) is 13.6 Å². The molecule has 0 saturated carbocycles. The van der Waals surface area contributed by atoms with Gasteiger partial charge in [0.15, 0.2) is 0 Å². The van der Waals surface area contributed by atoms with Crippen LogP contribution in [0, 0.1) is 5.82 Å². The number of para-hydroxylation sites is 1. The molecule has 16 heavy (non-hydrogen) atoms. The molecule has 1 rings (SSSR count). The van der Waals surface area contributed by atoms with E-state index >= 15 is 0 Å². The minimum atomic E-state index is -0.146. The number of nitrogens with zero attached hydrogens (tertiary/aromatic N) is 1. The van der Waals surface area contributed by atoms with Gasteiger partial charge < -0.3 is 10.6 Å². The molecule has 0 aliphatic rings. The molecule has 0 radical (unpaired) electrons. The molecule has 1 aromatic rings. The van der Waals surface area contributed by atoms with Gasteiger partial charge in [-0.25, -0.2) is 4.39 Å². The van der Waals surface area contributed by atoms with Gasteiger partial charge in [0.25, 0.3) is 0 Å². The Morgan fingerprint density at radius 1 is 1.12 bits per heavy atom. The maximum atomic E-state index is 13.4. The summed E-state index contributed by atoms with van der Waals surface area (Å²) in [5, 5.41) is 0. The van der Waals surface area contributed by atoms with Crippen LogP contribution in [0.5, 0.6) is 0 Å². The van der Waals surface area contributed by atoms with E-state index in [1.165, 1.54) is 12.5 Å². The molecular weight excluding hydrogens is 203 g/mol. The van der Waals surface area contributed by atoms with E-state index in [-0.39, 0.29) is 5.82 Å². The highest BCUT2D eigenvalue weighted by atomic mass is 19.1. The van der Waals surface area contributed by atoms with Crippen LogP contribution in [-0.4, -0.2) is 20.1 Å². The molecule has 1 aromatic carbocycles. The van der Waals surface area contributed by atoms with Crippen molar-refractivity contribution in [3.05, 3.63) is 30.1 Å². The molecule has 0 spiro atoms. The second-order valence-electron chi connectivity index (χ2n) is 4.08. The van der Waals surface area contributed by atoms with Crippen molar-refractivity contribution in [1.82, 2.24) is 0 Å². The molecule has 0 bridgehead atoms. The summed E-state index contributed by atoms with van der Waals surface area (Å²) in [6, 6.07) is 6.90.